The smallest absolute Gasteiger partial charge is 0.339 e. The highest BCUT2D eigenvalue weighted by Crippen LogP contribution is 2.21. The second kappa shape index (κ2) is 8.76. The van der Waals surface area contributed by atoms with Crippen LogP contribution in [0.2, 0.25) is 0 Å². The molecule has 2 heterocycles. The van der Waals surface area contributed by atoms with Gasteiger partial charge in [0.1, 0.15) is 17.8 Å². The quantitative estimate of drug-likeness (QED) is 0.470. The van der Waals surface area contributed by atoms with E-state index in [1.807, 2.05) is 24.3 Å². The molecule has 9 heteroatoms. The number of aromatic nitrogens is 3. The number of ether oxygens (including phenoxy) is 2. The van der Waals surface area contributed by atoms with Crippen LogP contribution in [0.1, 0.15) is 10.4 Å². The molecule has 162 valence electrons. The van der Waals surface area contributed by atoms with Crippen molar-refractivity contribution in [3.8, 4) is 17.0 Å². The summed E-state index contributed by atoms with van der Waals surface area (Å²) in [5.74, 6) is -0.299. The van der Waals surface area contributed by atoms with Crippen molar-refractivity contribution in [1.82, 2.24) is 14.2 Å². The predicted octanol–water partition coefficient (Wildman–Crippen LogP) is 2.60. The van der Waals surface area contributed by atoms with E-state index in [-0.39, 0.29) is 17.7 Å². The summed E-state index contributed by atoms with van der Waals surface area (Å²) in [6.07, 6.45) is 3.10. The molecule has 1 amide bonds. The van der Waals surface area contributed by atoms with Gasteiger partial charge in [0.05, 0.1) is 31.2 Å². The number of amides is 1. The van der Waals surface area contributed by atoms with Gasteiger partial charge < -0.3 is 19.4 Å². The molecule has 0 unspecified atom stereocenters. The number of hydrogen-bond donors (Lipinski definition) is 1. The number of rotatable bonds is 6. The summed E-state index contributed by atoms with van der Waals surface area (Å²) in [6, 6.07) is 15.5. The molecule has 1 N–H and O–H groups in total. The zero-order chi connectivity index (χ0) is 22.7. The van der Waals surface area contributed by atoms with Crippen molar-refractivity contribution >= 4 is 23.1 Å². The third-order valence-electron chi connectivity index (χ3n) is 4.91. The monoisotopic (exact) mass is 432 g/mol. The minimum absolute atomic E-state index is 0.228. The van der Waals surface area contributed by atoms with Crippen molar-refractivity contribution in [3.05, 3.63) is 82.9 Å². The lowest BCUT2D eigenvalue weighted by Crippen LogP contribution is -2.28. The van der Waals surface area contributed by atoms with Crippen molar-refractivity contribution in [2.75, 3.05) is 19.5 Å². The van der Waals surface area contributed by atoms with Crippen LogP contribution < -0.4 is 15.6 Å². The average molecular weight is 432 g/mol. The molecule has 0 atom stereocenters. The van der Waals surface area contributed by atoms with Gasteiger partial charge in [0.25, 0.3) is 5.56 Å². The first-order valence-electron chi connectivity index (χ1n) is 9.70. The van der Waals surface area contributed by atoms with Gasteiger partial charge >= 0.3 is 5.97 Å². The minimum atomic E-state index is -0.565. The van der Waals surface area contributed by atoms with Gasteiger partial charge in [0.15, 0.2) is 0 Å². The van der Waals surface area contributed by atoms with E-state index in [0.29, 0.717) is 16.9 Å². The van der Waals surface area contributed by atoms with E-state index in [1.165, 1.54) is 22.4 Å². The first kappa shape index (κ1) is 20.9. The van der Waals surface area contributed by atoms with Gasteiger partial charge in [-0.05, 0) is 42.5 Å². The Morgan fingerprint density at radius 2 is 1.78 bits per heavy atom. The van der Waals surface area contributed by atoms with Crippen molar-refractivity contribution in [1.29, 1.82) is 0 Å². The fraction of sp³-hybridized carbons (Fsp3) is 0.130. The van der Waals surface area contributed by atoms with E-state index in [0.717, 1.165) is 11.3 Å². The molecule has 32 heavy (non-hydrogen) atoms. The summed E-state index contributed by atoms with van der Waals surface area (Å²) in [4.78, 5) is 37.4. The Hall–Kier alpha value is -4.40. The van der Waals surface area contributed by atoms with Gasteiger partial charge in [-0.15, -0.1) is 0 Å². The van der Waals surface area contributed by atoms with Crippen molar-refractivity contribution in [2.24, 2.45) is 0 Å². The van der Waals surface area contributed by atoms with Gasteiger partial charge in [-0.25, -0.2) is 9.31 Å². The number of carbonyl (C=O) groups excluding carboxylic acids is 2. The van der Waals surface area contributed by atoms with Crippen LogP contribution in [0.15, 0.2) is 71.8 Å². The van der Waals surface area contributed by atoms with Crippen LogP contribution >= 0.6 is 0 Å². The first-order valence-corrected chi connectivity index (χ1v) is 9.70. The van der Waals surface area contributed by atoms with Gasteiger partial charge in [0.2, 0.25) is 5.91 Å². The van der Waals surface area contributed by atoms with Gasteiger partial charge in [-0.2, -0.15) is 5.10 Å². The Morgan fingerprint density at radius 3 is 2.50 bits per heavy atom. The molecule has 4 rings (SSSR count). The number of carbonyl (C=O) groups is 2. The summed E-state index contributed by atoms with van der Waals surface area (Å²) < 4.78 is 12.7. The molecule has 0 aliphatic heterocycles. The number of para-hydroxylation sites is 1. The Kier molecular flexibility index (Phi) is 5.71. The van der Waals surface area contributed by atoms with E-state index in [2.05, 4.69) is 10.4 Å². The zero-order valence-corrected chi connectivity index (χ0v) is 17.4. The van der Waals surface area contributed by atoms with Crippen LogP contribution in [0.3, 0.4) is 0 Å². The van der Waals surface area contributed by atoms with Crippen LogP contribution in [0.5, 0.6) is 5.75 Å². The predicted molar refractivity (Wildman–Crippen MR) is 118 cm³/mol. The highest BCUT2D eigenvalue weighted by molar-refractivity contribution is 6.01. The third-order valence-corrected chi connectivity index (χ3v) is 4.91. The van der Waals surface area contributed by atoms with E-state index in [1.54, 1.807) is 43.6 Å². The molecule has 4 aromatic rings. The summed E-state index contributed by atoms with van der Waals surface area (Å²) in [5.41, 5.74) is 1.96. The number of benzene rings is 2. The minimum Gasteiger partial charge on any atom is -0.497 e. The molecule has 0 saturated carbocycles. The fourth-order valence-electron chi connectivity index (χ4n) is 3.28. The molecule has 0 saturated heterocycles. The second-order valence-corrected chi connectivity index (χ2v) is 6.90. The first-order chi connectivity index (χ1) is 15.5. The Balaban J connectivity index is 1.57. The maximum absolute atomic E-state index is 12.9. The van der Waals surface area contributed by atoms with Crippen LogP contribution in [-0.2, 0) is 16.1 Å². The van der Waals surface area contributed by atoms with Crippen LogP contribution in [0.4, 0.5) is 5.69 Å². The normalized spacial score (nSPS) is 10.7. The lowest BCUT2D eigenvalue weighted by Gasteiger charge is -2.10. The zero-order valence-electron chi connectivity index (χ0n) is 17.4. The van der Waals surface area contributed by atoms with E-state index < -0.39 is 11.9 Å². The Labute approximate surface area is 182 Å². The van der Waals surface area contributed by atoms with Crippen molar-refractivity contribution < 1.29 is 19.1 Å². The molecule has 2 aromatic heterocycles. The molecule has 2 aromatic carbocycles. The molecule has 0 spiro atoms. The summed E-state index contributed by atoms with van der Waals surface area (Å²) in [7, 11) is 2.86. The molecule has 0 fully saturated rings. The van der Waals surface area contributed by atoms with Crippen LogP contribution in [0.25, 0.3) is 16.8 Å². The lowest BCUT2D eigenvalue weighted by molar-refractivity contribution is -0.116. The molecular formula is C23H20N4O5. The number of esters is 1. The highest BCUT2D eigenvalue weighted by Gasteiger charge is 2.15. The Bertz CT molecular complexity index is 1360. The third kappa shape index (κ3) is 4.08. The molecule has 0 radical (unpaired) electrons. The average Bonchev–Trinajstić information content (AvgIpc) is 3.26. The van der Waals surface area contributed by atoms with E-state index in [4.69, 9.17) is 9.47 Å². The highest BCUT2D eigenvalue weighted by atomic mass is 16.5. The number of anilines is 1. The summed E-state index contributed by atoms with van der Waals surface area (Å²) in [6.45, 7) is -0.228. The molecule has 9 nitrogen and oxygen atoms in total. The summed E-state index contributed by atoms with van der Waals surface area (Å²) in [5, 5.41) is 7.10. The number of nitrogens with zero attached hydrogens (tertiary/aromatic N) is 3. The second-order valence-electron chi connectivity index (χ2n) is 6.90. The summed E-state index contributed by atoms with van der Waals surface area (Å²) >= 11 is 0. The largest absolute Gasteiger partial charge is 0.497 e. The topological polar surface area (TPSA) is 104 Å². The molecule has 0 bridgehead atoms. The standard InChI is InChI=1S/C23H20N4O5/c1-31-16-9-7-15(8-10-16)19-13-20-22(29)26(11-12-27(20)25-19)14-21(28)24-18-6-4-3-5-17(18)23(30)32-2/h3-13H,14H2,1-2H3,(H,24,28). The fourth-order valence-corrected chi connectivity index (χ4v) is 3.28. The van der Waals surface area contributed by atoms with Crippen molar-refractivity contribution in [3.63, 3.8) is 0 Å². The molecule has 0 aliphatic carbocycles. The molecule has 0 aliphatic rings. The Morgan fingerprint density at radius 1 is 1.03 bits per heavy atom. The van der Waals surface area contributed by atoms with Gasteiger partial charge in [0, 0.05) is 18.0 Å². The van der Waals surface area contributed by atoms with Crippen LogP contribution in [0, 0.1) is 0 Å². The van der Waals surface area contributed by atoms with E-state index in [9.17, 15) is 14.4 Å². The SMILES string of the molecule is COC(=O)c1ccccc1NC(=O)Cn1ccn2nc(-c3ccc(OC)cc3)cc2c1=O. The van der Waals surface area contributed by atoms with E-state index >= 15 is 0 Å². The number of hydrogen-bond acceptors (Lipinski definition) is 6. The van der Waals surface area contributed by atoms with Gasteiger partial charge in [-0.3, -0.25) is 9.59 Å². The van der Waals surface area contributed by atoms with Crippen LogP contribution in [-0.4, -0.2) is 40.3 Å². The maximum atomic E-state index is 12.9. The number of fused-ring (bicyclic) bond motifs is 1. The van der Waals surface area contributed by atoms with Crippen molar-refractivity contribution in [2.45, 2.75) is 6.54 Å². The maximum Gasteiger partial charge on any atom is 0.339 e. The molecular weight excluding hydrogens is 412 g/mol. The van der Waals surface area contributed by atoms with Gasteiger partial charge in [-0.1, -0.05) is 12.1 Å². The number of nitrogens with one attached hydrogen (secondary N) is 1. The lowest BCUT2D eigenvalue weighted by atomic mass is 10.1. The number of methoxy groups -OCH3 is 2.